The molecule has 0 heterocycles. The van der Waals surface area contributed by atoms with Crippen molar-refractivity contribution >= 4 is 10.0 Å². The van der Waals surface area contributed by atoms with Crippen molar-refractivity contribution in [2.75, 3.05) is 6.54 Å². The van der Waals surface area contributed by atoms with Gasteiger partial charge in [0.15, 0.2) is 0 Å². The van der Waals surface area contributed by atoms with Crippen molar-refractivity contribution in [3.63, 3.8) is 0 Å². The SMILES string of the molecule is Cc1c(C)c(C)c(S(=O)(=O)NCC(C)(C)O)c(C)c1C. The maximum atomic E-state index is 12.5. The molecule has 0 saturated carbocycles. The molecule has 0 aliphatic heterocycles. The Balaban J connectivity index is 3.40. The molecule has 0 amide bonds. The van der Waals surface area contributed by atoms with E-state index in [4.69, 9.17) is 0 Å². The predicted molar refractivity (Wildman–Crippen MR) is 81.6 cm³/mol. The van der Waals surface area contributed by atoms with E-state index in [9.17, 15) is 13.5 Å². The fourth-order valence-corrected chi connectivity index (χ4v) is 4.01. The minimum absolute atomic E-state index is 0.0137. The van der Waals surface area contributed by atoms with Gasteiger partial charge in [0.05, 0.1) is 10.5 Å². The van der Waals surface area contributed by atoms with Crippen LogP contribution in [0.5, 0.6) is 0 Å². The number of sulfonamides is 1. The van der Waals surface area contributed by atoms with Crippen molar-refractivity contribution in [1.29, 1.82) is 0 Å². The van der Waals surface area contributed by atoms with Crippen molar-refractivity contribution in [2.24, 2.45) is 0 Å². The van der Waals surface area contributed by atoms with Gasteiger partial charge in [0.1, 0.15) is 0 Å². The van der Waals surface area contributed by atoms with Crippen LogP contribution < -0.4 is 4.72 Å². The molecule has 0 radical (unpaired) electrons. The zero-order valence-corrected chi connectivity index (χ0v) is 14.2. The van der Waals surface area contributed by atoms with Gasteiger partial charge in [-0.2, -0.15) is 0 Å². The lowest BCUT2D eigenvalue weighted by Gasteiger charge is -2.22. The molecular formula is C15H25NO3S. The van der Waals surface area contributed by atoms with Gasteiger partial charge in [-0.25, -0.2) is 13.1 Å². The van der Waals surface area contributed by atoms with Crippen molar-refractivity contribution < 1.29 is 13.5 Å². The van der Waals surface area contributed by atoms with Gasteiger partial charge in [-0.15, -0.1) is 0 Å². The van der Waals surface area contributed by atoms with E-state index in [1.54, 1.807) is 13.8 Å². The van der Waals surface area contributed by atoms with E-state index in [1.165, 1.54) is 0 Å². The summed E-state index contributed by atoms with van der Waals surface area (Å²) in [4.78, 5) is 0.336. The van der Waals surface area contributed by atoms with Gasteiger partial charge in [-0.1, -0.05) is 0 Å². The first kappa shape index (κ1) is 17.1. The molecule has 20 heavy (non-hydrogen) atoms. The van der Waals surface area contributed by atoms with Crippen LogP contribution in [0.1, 0.15) is 41.7 Å². The number of hydrogen-bond acceptors (Lipinski definition) is 3. The van der Waals surface area contributed by atoms with E-state index in [2.05, 4.69) is 4.72 Å². The summed E-state index contributed by atoms with van der Waals surface area (Å²) in [5, 5.41) is 9.69. The van der Waals surface area contributed by atoms with Crippen LogP contribution in [0.3, 0.4) is 0 Å². The van der Waals surface area contributed by atoms with E-state index in [0.29, 0.717) is 4.90 Å². The molecule has 0 saturated heterocycles. The van der Waals surface area contributed by atoms with E-state index in [1.807, 2.05) is 34.6 Å². The standard InChI is InChI=1S/C15H25NO3S/c1-9-10(2)12(4)14(13(5)11(9)3)20(18,19)16-8-15(6,7)17/h16-17H,8H2,1-7H3. The predicted octanol–water partition coefficient (Wildman–Crippen LogP) is 2.28. The average Bonchev–Trinajstić information content (AvgIpc) is 2.31. The zero-order valence-electron chi connectivity index (χ0n) is 13.4. The first-order valence-electron chi connectivity index (χ1n) is 6.67. The molecule has 0 aliphatic rings. The van der Waals surface area contributed by atoms with Crippen LogP contribution in [0, 0.1) is 34.6 Å². The Kier molecular flexibility index (Phi) is 4.69. The maximum Gasteiger partial charge on any atom is 0.241 e. The second-order valence-corrected chi connectivity index (χ2v) is 7.79. The number of rotatable bonds is 4. The average molecular weight is 299 g/mol. The normalized spacial score (nSPS) is 12.8. The fraction of sp³-hybridized carbons (Fsp3) is 0.600. The molecule has 0 unspecified atom stereocenters. The highest BCUT2D eigenvalue weighted by molar-refractivity contribution is 7.89. The second kappa shape index (κ2) is 5.47. The van der Waals surface area contributed by atoms with Gasteiger partial charge in [-0.3, -0.25) is 0 Å². The molecule has 1 rings (SSSR count). The third-order valence-electron chi connectivity index (χ3n) is 3.89. The van der Waals surface area contributed by atoms with Crippen LogP contribution >= 0.6 is 0 Å². The number of benzene rings is 1. The van der Waals surface area contributed by atoms with Gasteiger partial charge < -0.3 is 5.11 Å². The third-order valence-corrected chi connectivity index (χ3v) is 5.57. The summed E-state index contributed by atoms with van der Waals surface area (Å²) in [7, 11) is -3.63. The molecule has 1 aromatic carbocycles. The highest BCUT2D eigenvalue weighted by Crippen LogP contribution is 2.29. The second-order valence-electron chi connectivity index (χ2n) is 6.09. The van der Waals surface area contributed by atoms with Gasteiger partial charge in [0.25, 0.3) is 0 Å². The third kappa shape index (κ3) is 3.40. The van der Waals surface area contributed by atoms with Crippen LogP contribution in [0.2, 0.25) is 0 Å². The molecule has 5 heteroatoms. The Morgan fingerprint density at radius 2 is 1.25 bits per heavy atom. The highest BCUT2D eigenvalue weighted by atomic mass is 32.2. The summed E-state index contributed by atoms with van der Waals surface area (Å²) in [5.41, 5.74) is 3.58. The Morgan fingerprint density at radius 3 is 1.60 bits per heavy atom. The number of hydrogen-bond donors (Lipinski definition) is 2. The van der Waals surface area contributed by atoms with E-state index >= 15 is 0 Å². The zero-order chi connectivity index (χ0) is 15.9. The lowest BCUT2D eigenvalue weighted by molar-refractivity contribution is 0.0857. The summed E-state index contributed by atoms with van der Waals surface area (Å²) >= 11 is 0. The van der Waals surface area contributed by atoms with Crippen LogP contribution in [0.4, 0.5) is 0 Å². The molecule has 0 spiro atoms. The minimum Gasteiger partial charge on any atom is -0.389 e. The summed E-state index contributed by atoms with van der Waals surface area (Å²) in [5.74, 6) is 0. The summed E-state index contributed by atoms with van der Waals surface area (Å²) in [6, 6.07) is 0. The molecule has 0 atom stereocenters. The number of aliphatic hydroxyl groups is 1. The largest absolute Gasteiger partial charge is 0.389 e. The highest BCUT2D eigenvalue weighted by Gasteiger charge is 2.25. The van der Waals surface area contributed by atoms with Crippen LogP contribution in [0.25, 0.3) is 0 Å². The molecule has 2 N–H and O–H groups in total. The molecule has 0 bridgehead atoms. The van der Waals surface area contributed by atoms with Crippen molar-refractivity contribution in [3.05, 3.63) is 27.8 Å². The lowest BCUT2D eigenvalue weighted by atomic mass is 9.95. The first-order chi connectivity index (χ1) is 8.88. The van der Waals surface area contributed by atoms with Crippen LogP contribution in [-0.2, 0) is 10.0 Å². The summed E-state index contributed by atoms with van der Waals surface area (Å²) in [6.45, 7) is 12.7. The number of nitrogens with one attached hydrogen (secondary N) is 1. The smallest absolute Gasteiger partial charge is 0.241 e. The molecule has 0 aliphatic carbocycles. The van der Waals surface area contributed by atoms with Gasteiger partial charge in [0.2, 0.25) is 10.0 Å². The molecule has 114 valence electrons. The lowest BCUT2D eigenvalue weighted by Crippen LogP contribution is -2.38. The Hall–Kier alpha value is -0.910. The molecular weight excluding hydrogens is 274 g/mol. The Morgan fingerprint density at radius 1 is 0.900 bits per heavy atom. The maximum absolute atomic E-state index is 12.5. The van der Waals surface area contributed by atoms with Gasteiger partial charge in [-0.05, 0) is 76.3 Å². The van der Waals surface area contributed by atoms with E-state index in [-0.39, 0.29) is 6.54 Å². The molecule has 4 nitrogen and oxygen atoms in total. The minimum atomic E-state index is -3.63. The first-order valence-corrected chi connectivity index (χ1v) is 8.16. The van der Waals surface area contributed by atoms with Crippen molar-refractivity contribution in [3.8, 4) is 0 Å². The summed E-state index contributed by atoms with van der Waals surface area (Å²) in [6.07, 6.45) is 0. The van der Waals surface area contributed by atoms with Crippen LogP contribution in [0.15, 0.2) is 4.90 Å². The molecule has 0 fully saturated rings. The quantitative estimate of drug-likeness (QED) is 0.896. The van der Waals surface area contributed by atoms with E-state index in [0.717, 1.165) is 27.8 Å². The van der Waals surface area contributed by atoms with Crippen LogP contribution in [-0.4, -0.2) is 25.7 Å². The van der Waals surface area contributed by atoms with Gasteiger partial charge in [0, 0.05) is 6.54 Å². The summed E-state index contributed by atoms with van der Waals surface area (Å²) < 4.78 is 27.5. The molecule has 1 aromatic rings. The Labute approximate surface area is 122 Å². The van der Waals surface area contributed by atoms with E-state index < -0.39 is 15.6 Å². The molecule has 0 aromatic heterocycles. The van der Waals surface area contributed by atoms with Crippen molar-refractivity contribution in [2.45, 2.75) is 59.0 Å². The topological polar surface area (TPSA) is 66.4 Å². The Bertz CT molecular complexity index is 596. The van der Waals surface area contributed by atoms with Gasteiger partial charge >= 0.3 is 0 Å². The monoisotopic (exact) mass is 299 g/mol. The fourth-order valence-electron chi connectivity index (χ4n) is 2.21. The van der Waals surface area contributed by atoms with Crippen molar-refractivity contribution in [1.82, 2.24) is 4.72 Å².